The number of carbonyl (C=O) groups excluding carboxylic acids is 1. The van der Waals surface area contributed by atoms with E-state index in [0.29, 0.717) is 21.8 Å². The van der Waals surface area contributed by atoms with Gasteiger partial charge in [-0.3, -0.25) is 4.79 Å². The fourth-order valence-corrected chi connectivity index (χ4v) is 2.98. The average Bonchev–Trinajstić information content (AvgIpc) is 2.50. The number of anilines is 1. The molecule has 0 saturated heterocycles. The molecule has 0 spiro atoms. The van der Waals surface area contributed by atoms with E-state index in [9.17, 15) is 4.79 Å². The molecule has 0 saturated carbocycles. The third-order valence-electron chi connectivity index (χ3n) is 3.38. The number of fused-ring (bicyclic) bond motifs is 1. The summed E-state index contributed by atoms with van der Waals surface area (Å²) >= 11 is 9.48. The highest BCUT2D eigenvalue weighted by Crippen LogP contribution is 2.30. The average molecular weight is 361 g/mol. The lowest BCUT2D eigenvalue weighted by Crippen LogP contribution is -2.06. The van der Waals surface area contributed by atoms with Gasteiger partial charge in [-0.1, -0.05) is 51.8 Å². The first kappa shape index (κ1) is 14.1. The lowest BCUT2D eigenvalue weighted by Gasteiger charge is -2.09. The molecule has 0 aliphatic rings. The van der Waals surface area contributed by atoms with Crippen molar-refractivity contribution in [1.29, 1.82) is 0 Å². The topological polar surface area (TPSA) is 43.1 Å². The molecule has 104 valence electrons. The minimum absolute atomic E-state index is 0.126. The van der Waals surface area contributed by atoms with Crippen LogP contribution in [0.3, 0.4) is 0 Å². The lowest BCUT2D eigenvalue weighted by molar-refractivity contribution is 0.104. The van der Waals surface area contributed by atoms with Crippen molar-refractivity contribution in [3.8, 4) is 0 Å². The Kier molecular flexibility index (Phi) is 3.70. The first-order valence-electron chi connectivity index (χ1n) is 6.35. The molecule has 4 heteroatoms. The second-order valence-electron chi connectivity index (χ2n) is 4.70. The largest absolute Gasteiger partial charge is 0.398 e. The van der Waals surface area contributed by atoms with Crippen LogP contribution in [0.1, 0.15) is 15.9 Å². The molecular weight excluding hydrogens is 350 g/mol. The van der Waals surface area contributed by atoms with Crippen LogP contribution >= 0.6 is 27.5 Å². The molecule has 0 amide bonds. The van der Waals surface area contributed by atoms with Gasteiger partial charge >= 0.3 is 0 Å². The summed E-state index contributed by atoms with van der Waals surface area (Å²) in [5, 5.41) is 2.37. The predicted octanol–water partition coefficient (Wildman–Crippen LogP) is 5.07. The van der Waals surface area contributed by atoms with E-state index in [1.54, 1.807) is 24.3 Å². The molecule has 0 aromatic heterocycles. The number of hydrogen-bond acceptors (Lipinski definition) is 2. The van der Waals surface area contributed by atoms with Gasteiger partial charge in [-0.15, -0.1) is 0 Å². The Morgan fingerprint density at radius 1 is 0.952 bits per heavy atom. The van der Waals surface area contributed by atoms with Gasteiger partial charge < -0.3 is 5.73 Å². The van der Waals surface area contributed by atoms with Gasteiger partial charge in [0.15, 0.2) is 5.78 Å². The molecule has 3 aromatic rings. The van der Waals surface area contributed by atoms with Gasteiger partial charge in [0, 0.05) is 26.3 Å². The lowest BCUT2D eigenvalue weighted by atomic mass is 9.96. The molecule has 0 aliphatic heterocycles. The highest BCUT2D eigenvalue weighted by molar-refractivity contribution is 9.10. The number of benzene rings is 3. The van der Waals surface area contributed by atoms with Crippen molar-refractivity contribution in [2.24, 2.45) is 0 Å². The molecule has 0 fully saturated rings. The number of hydrogen-bond donors (Lipinski definition) is 1. The van der Waals surface area contributed by atoms with Gasteiger partial charge in [0.2, 0.25) is 0 Å². The standard InChI is InChI=1S/C17H11BrClNO/c18-15-7-6-13(11-3-1-2-4-12(11)15)17(21)14-9-10(19)5-8-16(14)20/h1-9H,20H2. The van der Waals surface area contributed by atoms with Gasteiger partial charge in [0.05, 0.1) is 0 Å². The van der Waals surface area contributed by atoms with Crippen molar-refractivity contribution in [2.45, 2.75) is 0 Å². The highest BCUT2D eigenvalue weighted by Gasteiger charge is 2.16. The zero-order valence-electron chi connectivity index (χ0n) is 10.9. The van der Waals surface area contributed by atoms with Crippen LogP contribution in [-0.2, 0) is 0 Å². The van der Waals surface area contributed by atoms with Crippen LogP contribution in [0.2, 0.25) is 5.02 Å². The maximum absolute atomic E-state index is 12.8. The third kappa shape index (κ3) is 2.55. The Bertz CT molecular complexity index is 861. The summed E-state index contributed by atoms with van der Waals surface area (Å²) in [6, 6.07) is 16.3. The van der Waals surface area contributed by atoms with Crippen LogP contribution < -0.4 is 5.73 Å². The Balaban J connectivity index is 2.23. The number of nitrogen functional groups attached to an aromatic ring is 1. The van der Waals surface area contributed by atoms with Gasteiger partial charge in [0.1, 0.15) is 0 Å². The molecule has 2 N–H and O–H groups in total. The van der Waals surface area contributed by atoms with Crippen molar-refractivity contribution in [2.75, 3.05) is 5.73 Å². The number of carbonyl (C=O) groups is 1. The highest BCUT2D eigenvalue weighted by atomic mass is 79.9. The monoisotopic (exact) mass is 359 g/mol. The van der Waals surface area contributed by atoms with Crippen molar-refractivity contribution >= 4 is 49.8 Å². The summed E-state index contributed by atoms with van der Waals surface area (Å²) in [6.45, 7) is 0. The number of halogens is 2. The van der Waals surface area contributed by atoms with Gasteiger partial charge in [0.25, 0.3) is 0 Å². The molecule has 0 unspecified atom stereocenters. The molecule has 3 aromatic carbocycles. The quantitative estimate of drug-likeness (QED) is 0.512. The van der Waals surface area contributed by atoms with Gasteiger partial charge in [-0.05, 0) is 41.1 Å². The first-order chi connectivity index (χ1) is 10.1. The van der Waals surface area contributed by atoms with E-state index in [1.807, 2.05) is 30.3 Å². The molecule has 0 aliphatic carbocycles. The van der Waals surface area contributed by atoms with Gasteiger partial charge in [-0.2, -0.15) is 0 Å². The van der Waals surface area contributed by atoms with Crippen LogP contribution in [0.15, 0.2) is 59.1 Å². The van der Waals surface area contributed by atoms with E-state index in [1.165, 1.54) is 0 Å². The second kappa shape index (κ2) is 5.51. The molecular formula is C17H11BrClNO. The molecule has 0 bridgehead atoms. The number of rotatable bonds is 2. The number of nitrogens with two attached hydrogens (primary N) is 1. The molecule has 2 nitrogen and oxygen atoms in total. The minimum Gasteiger partial charge on any atom is -0.398 e. The fraction of sp³-hybridized carbons (Fsp3) is 0. The molecule has 21 heavy (non-hydrogen) atoms. The smallest absolute Gasteiger partial charge is 0.195 e. The van der Waals surface area contributed by atoms with Crippen molar-refractivity contribution in [1.82, 2.24) is 0 Å². The maximum atomic E-state index is 12.8. The fourth-order valence-electron chi connectivity index (χ4n) is 2.33. The molecule has 0 atom stereocenters. The summed E-state index contributed by atoms with van der Waals surface area (Å²) in [7, 11) is 0. The van der Waals surface area contributed by atoms with Crippen molar-refractivity contribution in [3.63, 3.8) is 0 Å². The van der Waals surface area contributed by atoms with E-state index in [0.717, 1.165) is 15.2 Å². The van der Waals surface area contributed by atoms with E-state index < -0.39 is 0 Å². The summed E-state index contributed by atoms with van der Waals surface area (Å²) in [5.41, 5.74) is 7.38. The van der Waals surface area contributed by atoms with Crippen LogP contribution in [-0.4, -0.2) is 5.78 Å². The van der Waals surface area contributed by atoms with Crippen LogP contribution in [0.4, 0.5) is 5.69 Å². The summed E-state index contributed by atoms with van der Waals surface area (Å²) in [5.74, 6) is -0.126. The van der Waals surface area contributed by atoms with Gasteiger partial charge in [-0.25, -0.2) is 0 Å². The maximum Gasteiger partial charge on any atom is 0.195 e. The Morgan fingerprint density at radius 3 is 2.43 bits per heavy atom. The van der Waals surface area contributed by atoms with Crippen LogP contribution in [0, 0.1) is 0 Å². The molecule has 3 rings (SSSR count). The zero-order valence-corrected chi connectivity index (χ0v) is 13.3. The van der Waals surface area contributed by atoms with E-state index in [-0.39, 0.29) is 5.78 Å². The van der Waals surface area contributed by atoms with E-state index in [2.05, 4.69) is 15.9 Å². The van der Waals surface area contributed by atoms with Crippen LogP contribution in [0.5, 0.6) is 0 Å². The van der Waals surface area contributed by atoms with E-state index >= 15 is 0 Å². The second-order valence-corrected chi connectivity index (χ2v) is 5.99. The molecule has 0 radical (unpaired) electrons. The van der Waals surface area contributed by atoms with Crippen LogP contribution in [0.25, 0.3) is 10.8 Å². The Morgan fingerprint density at radius 2 is 1.67 bits per heavy atom. The van der Waals surface area contributed by atoms with Crippen molar-refractivity contribution < 1.29 is 4.79 Å². The summed E-state index contributed by atoms with van der Waals surface area (Å²) in [6.07, 6.45) is 0. The zero-order chi connectivity index (χ0) is 15.0. The first-order valence-corrected chi connectivity index (χ1v) is 7.52. The Hall–Kier alpha value is -1.84. The normalized spacial score (nSPS) is 10.8. The van der Waals surface area contributed by atoms with E-state index in [4.69, 9.17) is 17.3 Å². The SMILES string of the molecule is Nc1ccc(Cl)cc1C(=O)c1ccc(Br)c2ccccc12. The molecule has 0 heterocycles. The number of ketones is 1. The third-order valence-corrected chi connectivity index (χ3v) is 4.30. The van der Waals surface area contributed by atoms with Crippen molar-refractivity contribution in [3.05, 3.63) is 75.2 Å². The summed E-state index contributed by atoms with van der Waals surface area (Å²) < 4.78 is 0.953. The minimum atomic E-state index is -0.126. The predicted molar refractivity (Wildman–Crippen MR) is 90.9 cm³/mol. The summed E-state index contributed by atoms with van der Waals surface area (Å²) in [4.78, 5) is 12.8. The Labute approximate surface area is 135 Å².